The highest BCUT2D eigenvalue weighted by atomic mass is 19.1. The summed E-state index contributed by atoms with van der Waals surface area (Å²) in [5.41, 5.74) is 5.83. The van der Waals surface area contributed by atoms with Gasteiger partial charge in [0.15, 0.2) is 0 Å². The van der Waals surface area contributed by atoms with Gasteiger partial charge >= 0.3 is 0 Å². The maximum Gasteiger partial charge on any atom is 0.228 e. The number of rotatable bonds is 11. The molecule has 47 heavy (non-hydrogen) atoms. The molecule has 0 aliphatic carbocycles. The van der Waals surface area contributed by atoms with Gasteiger partial charge < -0.3 is 9.80 Å². The van der Waals surface area contributed by atoms with E-state index in [1.807, 2.05) is 94.3 Å². The van der Waals surface area contributed by atoms with Crippen LogP contribution in [0.4, 0.5) is 4.39 Å². The molecule has 1 heterocycles. The van der Waals surface area contributed by atoms with Crippen LogP contribution < -0.4 is 0 Å². The number of carbonyl (C=O) groups excluding carboxylic acids is 1. The quantitative estimate of drug-likeness (QED) is 0.137. The Bertz CT molecular complexity index is 1430. The summed E-state index contributed by atoms with van der Waals surface area (Å²) in [6.07, 6.45) is 17.7. The van der Waals surface area contributed by atoms with E-state index in [9.17, 15) is 9.18 Å². The van der Waals surface area contributed by atoms with E-state index in [1.165, 1.54) is 11.6 Å². The number of halogens is 1. The van der Waals surface area contributed by atoms with Crippen molar-refractivity contribution in [3.8, 4) is 6.07 Å². The maximum atomic E-state index is 14.8. The summed E-state index contributed by atoms with van der Waals surface area (Å²) in [7, 11) is 0. The Balaban J connectivity index is 0.000000663. The summed E-state index contributed by atoms with van der Waals surface area (Å²) in [4.78, 5) is 21.9. The second-order valence-corrected chi connectivity index (χ2v) is 13.0. The second kappa shape index (κ2) is 21.0. The van der Waals surface area contributed by atoms with E-state index in [4.69, 9.17) is 5.26 Å². The third-order valence-electron chi connectivity index (χ3n) is 7.88. The summed E-state index contributed by atoms with van der Waals surface area (Å²) in [6.45, 7) is 24.5. The van der Waals surface area contributed by atoms with Crippen LogP contribution in [0.3, 0.4) is 0 Å². The molecular weight excluding hydrogens is 583 g/mol. The van der Waals surface area contributed by atoms with Gasteiger partial charge in [-0.2, -0.15) is 5.26 Å². The molecule has 6 heteroatoms. The van der Waals surface area contributed by atoms with Crippen molar-refractivity contribution in [2.75, 3.05) is 19.6 Å². The lowest BCUT2D eigenvalue weighted by Crippen LogP contribution is -2.56. The molecule has 1 unspecified atom stereocenters. The van der Waals surface area contributed by atoms with Crippen molar-refractivity contribution in [2.45, 2.75) is 108 Å². The van der Waals surface area contributed by atoms with Crippen LogP contribution in [-0.2, 0) is 4.79 Å². The molecule has 1 aromatic rings. The molecule has 0 saturated carbocycles. The largest absolute Gasteiger partial charge is 0.371 e. The van der Waals surface area contributed by atoms with Crippen LogP contribution in [-0.4, -0.2) is 47.1 Å². The first kappa shape index (κ1) is 41.0. The van der Waals surface area contributed by atoms with E-state index in [-0.39, 0.29) is 17.8 Å². The fourth-order valence-corrected chi connectivity index (χ4v) is 5.41. The molecule has 256 valence electrons. The molecule has 0 radical (unpaired) electrons. The Morgan fingerprint density at radius 1 is 1.09 bits per heavy atom. The van der Waals surface area contributed by atoms with Crippen molar-refractivity contribution in [1.29, 1.82) is 5.26 Å². The number of benzene rings is 1. The average molecular weight is 643 g/mol. The van der Waals surface area contributed by atoms with Gasteiger partial charge in [-0.25, -0.2) is 4.39 Å². The van der Waals surface area contributed by atoms with E-state index in [0.717, 1.165) is 66.9 Å². The first-order valence-corrected chi connectivity index (χ1v) is 17.1. The van der Waals surface area contributed by atoms with Crippen molar-refractivity contribution >= 4 is 17.2 Å². The molecular formula is C41H59FN4O. The Kier molecular flexibility index (Phi) is 18.3. The van der Waals surface area contributed by atoms with Gasteiger partial charge in [-0.05, 0) is 77.7 Å². The molecule has 1 aliphatic rings. The Morgan fingerprint density at radius 3 is 2.28 bits per heavy atom. The predicted molar refractivity (Wildman–Crippen MR) is 199 cm³/mol. The smallest absolute Gasteiger partial charge is 0.228 e. The third kappa shape index (κ3) is 13.3. The average Bonchev–Trinajstić information content (AvgIpc) is 3.03. The minimum absolute atomic E-state index is 0.0847. The van der Waals surface area contributed by atoms with Gasteiger partial charge in [0, 0.05) is 59.8 Å². The van der Waals surface area contributed by atoms with Crippen molar-refractivity contribution in [2.24, 2.45) is 10.4 Å². The van der Waals surface area contributed by atoms with Crippen LogP contribution in [0.1, 0.15) is 107 Å². The number of hydrogen-bond donors (Lipinski definition) is 0. The molecule has 0 aromatic heterocycles. The zero-order chi connectivity index (χ0) is 35.6. The van der Waals surface area contributed by atoms with E-state index in [1.54, 1.807) is 6.07 Å². The van der Waals surface area contributed by atoms with E-state index < -0.39 is 5.41 Å². The number of piperazine rings is 1. The van der Waals surface area contributed by atoms with Crippen molar-refractivity contribution in [3.63, 3.8) is 0 Å². The molecule has 0 spiro atoms. The summed E-state index contributed by atoms with van der Waals surface area (Å²) in [5.74, 6) is -0.0683. The van der Waals surface area contributed by atoms with Gasteiger partial charge in [-0.3, -0.25) is 9.79 Å². The first-order chi connectivity index (χ1) is 22.3. The molecule has 1 aromatic carbocycles. The lowest BCUT2D eigenvalue weighted by molar-refractivity contribution is -0.143. The fraction of sp³-hybridized carbons (Fsp3) is 0.488. The zero-order valence-corrected chi connectivity index (χ0v) is 31.0. The van der Waals surface area contributed by atoms with Gasteiger partial charge in [-0.15, -0.1) is 0 Å². The highest BCUT2D eigenvalue weighted by molar-refractivity contribution is 6.12. The molecule has 1 atom stereocenters. The summed E-state index contributed by atoms with van der Waals surface area (Å²) in [5, 5.41) is 8.85. The predicted octanol–water partition coefficient (Wildman–Crippen LogP) is 10.6. The van der Waals surface area contributed by atoms with Gasteiger partial charge in [0.2, 0.25) is 5.91 Å². The van der Waals surface area contributed by atoms with Crippen molar-refractivity contribution in [3.05, 3.63) is 101 Å². The Hall–Kier alpha value is -3.98. The van der Waals surface area contributed by atoms with Crippen LogP contribution >= 0.6 is 0 Å². The van der Waals surface area contributed by atoms with Gasteiger partial charge in [0.25, 0.3) is 0 Å². The molecule has 1 fully saturated rings. The monoisotopic (exact) mass is 642 g/mol. The molecule has 0 N–H and O–H groups in total. The van der Waals surface area contributed by atoms with Gasteiger partial charge in [0.1, 0.15) is 5.82 Å². The Labute approximate surface area is 285 Å². The van der Waals surface area contributed by atoms with Crippen molar-refractivity contribution < 1.29 is 9.18 Å². The van der Waals surface area contributed by atoms with Crippen LogP contribution in [0, 0.1) is 22.6 Å². The second-order valence-electron chi connectivity index (χ2n) is 13.0. The van der Waals surface area contributed by atoms with E-state index in [2.05, 4.69) is 57.5 Å². The van der Waals surface area contributed by atoms with E-state index in [0.29, 0.717) is 12.1 Å². The molecule has 2 rings (SSSR count). The SMILES string of the molecule is CC/C=C/C=C(C#N)\C=C(/C)CCC.C\C=C(C(/C(C)=N/C=C/CC)=C(/C)N1CCN(C(=O)C(C)(C)C)C(C)C1)\c1ccccc1F. The Morgan fingerprint density at radius 2 is 1.74 bits per heavy atom. The van der Waals surface area contributed by atoms with Crippen LogP contribution in [0.25, 0.3) is 5.57 Å². The molecule has 1 aliphatic heterocycles. The number of aliphatic imine (C=N–C) groups is 1. The van der Waals surface area contributed by atoms with Gasteiger partial charge in [-0.1, -0.05) is 96.0 Å². The normalized spacial score (nSPS) is 17.5. The summed E-state index contributed by atoms with van der Waals surface area (Å²) in [6, 6.07) is 9.14. The number of amides is 1. The lowest BCUT2D eigenvalue weighted by Gasteiger charge is -2.44. The molecule has 5 nitrogen and oxygen atoms in total. The van der Waals surface area contributed by atoms with Crippen LogP contribution in [0.15, 0.2) is 94.3 Å². The summed E-state index contributed by atoms with van der Waals surface area (Å²) >= 11 is 0. The maximum absolute atomic E-state index is 14.8. The minimum atomic E-state index is -0.399. The lowest BCUT2D eigenvalue weighted by atomic mass is 9.91. The fourth-order valence-electron chi connectivity index (χ4n) is 5.41. The molecule has 1 amide bonds. The minimum Gasteiger partial charge on any atom is -0.371 e. The number of nitrogens with zero attached hydrogens (tertiary/aromatic N) is 4. The number of carbonyl (C=O) groups is 1. The third-order valence-corrected chi connectivity index (χ3v) is 7.88. The highest BCUT2D eigenvalue weighted by Crippen LogP contribution is 2.32. The number of nitriles is 1. The number of hydrogen-bond acceptors (Lipinski definition) is 4. The highest BCUT2D eigenvalue weighted by Gasteiger charge is 2.34. The van der Waals surface area contributed by atoms with Gasteiger partial charge in [0.05, 0.1) is 11.6 Å². The summed E-state index contributed by atoms with van der Waals surface area (Å²) < 4.78 is 14.8. The standard InChI is InChI=1S/C28H40FN3O.C13H19N/c1-9-11-16-30-21(4)26(23(10-2)24-14-12-13-15-25(24)29)22(5)31-17-18-32(20(3)19-31)27(33)28(6,7)8;1-4-6-7-9-13(11-14)10-12(3)8-5-2/h10-16,20H,9,17-19H2,1-8H3;6-7,9-10H,4-5,8H2,1-3H3/b16-11+,23-10-,26-22-,30-21+;7-6+,12-10+,13-9+. The first-order valence-electron chi connectivity index (χ1n) is 17.1. The zero-order valence-electron chi connectivity index (χ0n) is 31.0. The van der Waals surface area contributed by atoms with E-state index >= 15 is 0 Å². The number of allylic oxidation sites excluding steroid dienone is 11. The molecule has 0 bridgehead atoms. The molecule has 1 saturated heterocycles. The van der Waals surface area contributed by atoms with Crippen LogP contribution in [0.2, 0.25) is 0 Å². The van der Waals surface area contributed by atoms with Crippen molar-refractivity contribution in [1.82, 2.24) is 9.80 Å². The topological polar surface area (TPSA) is 59.7 Å². The van der Waals surface area contributed by atoms with Crippen LogP contribution in [0.5, 0.6) is 0 Å².